The SMILES string of the molecule is CCOC(=O)c1ccc(NC(=O)COc2ccc3c(=O)c(Cl)coc3c2)cc1. The standard InChI is InChI=1S/C20H16ClNO6/c1-2-26-20(25)12-3-5-13(6-4-12)22-18(23)11-27-14-7-8-15-17(9-14)28-10-16(21)19(15)24/h3-10H,2,11H2,1H3,(H,22,23). The van der Waals surface area contributed by atoms with Crippen molar-refractivity contribution >= 4 is 40.1 Å². The monoisotopic (exact) mass is 401 g/mol. The Kier molecular flexibility index (Phi) is 5.96. The van der Waals surface area contributed by atoms with Gasteiger partial charge in [-0.25, -0.2) is 4.79 Å². The fourth-order valence-corrected chi connectivity index (χ4v) is 2.57. The van der Waals surface area contributed by atoms with Gasteiger partial charge < -0.3 is 19.2 Å². The molecule has 0 aliphatic rings. The van der Waals surface area contributed by atoms with Gasteiger partial charge in [-0.15, -0.1) is 0 Å². The zero-order valence-electron chi connectivity index (χ0n) is 14.9. The van der Waals surface area contributed by atoms with Gasteiger partial charge in [0.1, 0.15) is 22.6 Å². The van der Waals surface area contributed by atoms with Crippen LogP contribution in [0.2, 0.25) is 5.02 Å². The van der Waals surface area contributed by atoms with Crippen molar-refractivity contribution < 1.29 is 23.5 Å². The van der Waals surface area contributed by atoms with E-state index in [-0.39, 0.29) is 23.0 Å². The summed E-state index contributed by atoms with van der Waals surface area (Å²) in [4.78, 5) is 35.5. The third-order valence-electron chi connectivity index (χ3n) is 3.75. The molecule has 3 rings (SSSR count). The Balaban J connectivity index is 1.60. The van der Waals surface area contributed by atoms with E-state index in [1.165, 1.54) is 12.1 Å². The molecule has 1 amide bonds. The number of esters is 1. The second-order valence-electron chi connectivity index (χ2n) is 5.71. The summed E-state index contributed by atoms with van der Waals surface area (Å²) in [6.45, 7) is 1.77. The Bertz CT molecular complexity index is 1070. The lowest BCUT2D eigenvalue weighted by molar-refractivity contribution is -0.118. The minimum Gasteiger partial charge on any atom is -0.484 e. The van der Waals surface area contributed by atoms with Gasteiger partial charge in [-0.3, -0.25) is 9.59 Å². The second kappa shape index (κ2) is 8.58. The molecule has 1 heterocycles. The first-order chi connectivity index (χ1) is 13.5. The van der Waals surface area contributed by atoms with E-state index in [2.05, 4.69) is 5.32 Å². The number of anilines is 1. The second-order valence-corrected chi connectivity index (χ2v) is 6.11. The Morgan fingerprint density at radius 3 is 2.61 bits per heavy atom. The molecule has 8 heteroatoms. The first-order valence-electron chi connectivity index (χ1n) is 8.39. The predicted octanol–water partition coefficient (Wildman–Crippen LogP) is 3.64. The van der Waals surface area contributed by atoms with Crippen LogP contribution in [-0.4, -0.2) is 25.1 Å². The highest BCUT2D eigenvalue weighted by Crippen LogP contribution is 2.20. The number of benzene rings is 2. The van der Waals surface area contributed by atoms with E-state index in [9.17, 15) is 14.4 Å². The number of rotatable bonds is 6. The zero-order valence-corrected chi connectivity index (χ0v) is 15.6. The number of hydrogen-bond donors (Lipinski definition) is 1. The molecule has 0 radical (unpaired) electrons. The van der Waals surface area contributed by atoms with Crippen LogP contribution in [0.3, 0.4) is 0 Å². The highest BCUT2D eigenvalue weighted by molar-refractivity contribution is 6.30. The first kappa shape index (κ1) is 19.4. The molecule has 2 aromatic carbocycles. The number of ether oxygens (including phenoxy) is 2. The number of hydrogen-bond acceptors (Lipinski definition) is 6. The van der Waals surface area contributed by atoms with Crippen LogP contribution < -0.4 is 15.5 Å². The summed E-state index contributed by atoms with van der Waals surface area (Å²) in [7, 11) is 0. The summed E-state index contributed by atoms with van der Waals surface area (Å²) < 4.78 is 15.6. The number of nitrogens with one attached hydrogen (secondary N) is 1. The van der Waals surface area contributed by atoms with Crippen LogP contribution in [0, 0.1) is 0 Å². The zero-order chi connectivity index (χ0) is 20.1. The van der Waals surface area contributed by atoms with E-state index in [1.807, 2.05) is 0 Å². The van der Waals surface area contributed by atoms with Crippen LogP contribution in [0.15, 0.2) is 57.9 Å². The summed E-state index contributed by atoms with van der Waals surface area (Å²) in [5, 5.41) is 2.98. The van der Waals surface area contributed by atoms with Crippen LogP contribution >= 0.6 is 11.6 Å². The van der Waals surface area contributed by atoms with Crippen molar-refractivity contribution in [2.24, 2.45) is 0 Å². The lowest BCUT2D eigenvalue weighted by atomic mass is 10.2. The van der Waals surface area contributed by atoms with Gasteiger partial charge in [0.05, 0.1) is 17.6 Å². The molecular formula is C20H16ClNO6. The van der Waals surface area contributed by atoms with E-state index in [4.69, 9.17) is 25.5 Å². The molecule has 3 aromatic rings. The molecule has 0 aliphatic carbocycles. The molecule has 0 atom stereocenters. The lowest BCUT2D eigenvalue weighted by Gasteiger charge is -2.09. The summed E-state index contributed by atoms with van der Waals surface area (Å²) in [6.07, 6.45) is 1.16. The summed E-state index contributed by atoms with van der Waals surface area (Å²) in [5.74, 6) is -0.444. The molecule has 0 saturated heterocycles. The Hall–Kier alpha value is -3.32. The van der Waals surface area contributed by atoms with Crippen molar-refractivity contribution in [3.63, 3.8) is 0 Å². The normalized spacial score (nSPS) is 10.5. The van der Waals surface area contributed by atoms with E-state index in [1.54, 1.807) is 37.3 Å². The molecule has 144 valence electrons. The number of carbonyl (C=O) groups excluding carboxylic acids is 2. The molecule has 0 aliphatic heterocycles. The first-order valence-corrected chi connectivity index (χ1v) is 8.76. The van der Waals surface area contributed by atoms with Crippen molar-refractivity contribution in [3.8, 4) is 5.75 Å². The number of fused-ring (bicyclic) bond motifs is 1. The third-order valence-corrected chi connectivity index (χ3v) is 4.01. The van der Waals surface area contributed by atoms with Crippen molar-refractivity contribution in [2.75, 3.05) is 18.5 Å². The average molecular weight is 402 g/mol. The van der Waals surface area contributed by atoms with Crippen molar-refractivity contribution in [1.29, 1.82) is 0 Å². The lowest BCUT2D eigenvalue weighted by Crippen LogP contribution is -2.20. The van der Waals surface area contributed by atoms with Crippen molar-refractivity contribution in [1.82, 2.24) is 0 Å². The molecule has 0 fully saturated rings. The number of halogens is 1. The van der Waals surface area contributed by atoms with Gasteiger partial charge >= 0.3 is 5.97 Å². The number of carbonyl (C=O) groups is 2. The van der Waals surface area contributed by atoms with Gasteiger partial charge in [-0.1, -0.05) is 11.6 Å². The van der Waals surface area contributed by atoms with E-state index in [0.717, 1.165) is 6.26 Å². The maximum absolute atomic E-state index is 12.1. The van der Waals surface area contributed by atoms with Gasteiger partial charge in [-0.05, 0) is 43.3 Å². The smallest absolute Gasteiger partial charge is 0.338 e. The highest BCUT2D eigenvalue weighted by atomic mass is 35.5. The largest absolute Gasteiger partial charge is 0.484 e. The Morgan fingerprint density at radius 2 is 1.89 bits per heavy atom. The molecule has 1 aromatic heterocycles. The summed E-state index contributed by atoms with van der Waals surface area (Å²) >= 11 is 5.73. The molecule has 7 nitrogen and oxygen atoms in total. The van der Waals surface area contributed by atoms with E-state index >= 15 is 0 Å². The van der Waals surface area contributed by atoms with Crippen molar-refractivity contribution in [3.05, 3.63) is 69.5 Å². The molecule has 1 N–H and O–H groups in total. The van der Waals surface area contributed by atoms with Gasteiger partial charge in [0.2, 0.25) is 5.43 Å². The van der Waals surface area contributed by atoms with Crippen LogP contribution in [0.4, 0.5) is 5.69 Å². The van der Waals surface area contributed by atoms with E-state index < -0.39 is 5.97 Å². The third kappa shape index (κ3) is 4.50. The van der Waals surface area contributed by atoms with E-state index in [0.29, 0.717) is 34.6 Å². The minimum absolute atomic E-state index is 0.00507. The fraction of sp³-hybridized carbons (Fsp3) is 0.150. The van der Waals surface area contributed by atoms with Crippen LogP contribution in [0.25, 0.3) is 11.0 Å². The van der Waals surface area contributed by atoms with Gasteiger partial charge in [0.25, 0.3) is 5.91 Å². The molecule has 0 saturated carbocycles. The summed E-state index contributed by atoms with van der Waals surface area (Å²) in [5.41, 5.74) is 0.884. The minimum atomic E-state index is -0.423. The molecule has 0 spiro atoms. The van der Waals surface area contributed by atoms with Crippen molar-refractivity contribution in [2.45, 2.75) is 6.92 Å². The Morgan fingerprint density at radius 1 is 1.14 bits per heavy atom. The van der Waals surface area contributed by atoms with Crippen LogP contribution in [0.1, 0.15) is 17.3 Å². The fourth-order valence-electron chi connectivity index (χ4n) is 2.42. The highest BCUT2D eigenvalue weighted by Gasteiger charge is 2.09. The van der Waals surface area contributed by atoms with Gasteiger partial charge in [0, 0.05) is 11.8 Å². The van der Waals surface area contributed by atoms with Gasteiger partial charge in [-0.2, -0.15) is 0 Å². The molecular weight excluding hydrogens is 386 g/mol. The van der Waals surface area contributed by atoms with Crippen LogP contribution in [0.5, 0.6) is 5.75 Å². The predicted molar refractivity (Wildman–Crippen MR) is 104 cm³/mol. The quantitative estimate of drug-likeness (QED) is 0.633. The molecule has 28 heavy (non-hydrogen) atoms. The topological polar surface area (TPSA) is 94.8 Å². The van der Waals surface area contributed by atoms with Crippen LogP contribution in [-0.2, 0) is 9.53 Å². The molecule has 0 unspecified atom stereocenters. The average Bonchev–Trinajstić information content (AvgIpc) is 2.70. The molecule has 0 bridgehead atoms. The maximum Gasteiger partial charge on any atom is 0.338 e. The number of amides is 1. The summed E-state index contributed by atoms with van der Waals surface area (Å²) in [6, 6.07) is 10.9. The van der Waals surface area contributed by atoms with Gasteiger partial charge in [0.15, 0.2) is 6.61 Å². The maximum atomic E-state index is 12.1. The Labute approximate surface area is 164 Å².